The molecule has 0 saturated carbocycles. The molecule has 3 nitrogen and oxygen atoms in total. The highest BCUT2D eigenvalue weighted by Gasteiger charge is 2.40. The van der Waals surface area contributed by atoms with Crippen LogP contribution in [0.4, 0.5) is 5.69 Å². The molecule has 2 aliphatic rings. The van der Waals surface area contributed by atoms with Crippen molar-refractivity contribution in [3.63, 3.8) is 0 Å². The summed E-state index contributed by atoms with van der Waals surface area (Å²) in [5.74, 6) is 0. The van der Waals surface area contributed by atoms with Gasteiger partial charge in [0.05, 0.1) is 29.5 Å². The number of fused-ring (bicyclic) bond motifs is 2. The first-order valence-corrected chi connectivity index (χ1v) is 6.67. The van der Waals surface area contributed by atoms with Gasteiger partial charge >= 0.3 is 0 Å². The van der Waals surface area contributed by atoms with Crippen molar-refractivity contribution in [3.05, 3.63) is 28.2 Å². The van der Waals surface area contributed by atoms with E-state index in [0.29, 0.717) is 23.8 Å². The molecule has 4 heteroatoms. The van der Waals surface area contributed by atoms with Crippen LogP contribution in [0.25, 0.3) is 0 Å². The summed E-state index contributed by atoms with van der Waals surface area (Å²) < 4.78 is 6.73. The fourth-order valence-corrected chi connectivity index (χ4v) is 3.09. The Bertz CT molecular complexity index is 483. The predicted octanol–water partition coefficient (Wildman–Crippen LogP) is 3.05. The third-order valence-electron chi connectivity index (χ3n) is 3.55. The number of rotatable bonds is 2. The van der Waals surface area contributed by atoms with Crippen LogP contribution in [0.15, 0.2) is 22.7 Å². The number of anilines is 1. The van der Waals surface area contributed by atoms with Crippen molar-refractivity contribution in [2.24, 2.45) is 0 Å². The van der Waals surface area contributed by atoms with Gasteiger partial charge in [0.25, 0.3) is 0 Å². The van der Waals surface area contributed by atoms with E-state index in [1.54, 1.807) is 0 Å². The van der Waals surface area contributed by atoms with E-state index in [-0.39, 0.29) is 0 Å². The molecule has 0 aromatic heterocycles. The van der Waals surface area contributed by atoms with Gasteiger partial charge in [0.15, 0.2) is 0 Å². The maximum absolute atomic E-state index is 9.11. The smallest absolute Gasteiger partial charge is 0.101 e. The van der Waals surface area contributed by atoms with E-state index in [4.69, 9.17) is 10.00 Å². The lowest BCUT2D eigenvalue weighted by Crippen LogP contribution is -2.30. The van der Waals surface area contributed by atoms with Crippen LogP contribution >= 0.6 is 15.9 Å². The molecule has 0 spiro atoms. The van der Waals surface area contributed by atoms with Crippen LogP contribution in [0.1, 0.15) is 24.8 Å². The highest BCUT2D eigenvalue weighted by molar-refractivity contribution is 9.10. The molecule has 0 unspecified atom stereocenters. The molecular weight excluding hydrogens is 280 g/mol. The maximum atomic E-state index is 9.11. The van der Waals surface area contributed by atoms with Crippen molar-refractivity contribution in [2.75, 3.05) is 5.32 Å². The standard InChI is InChI=1S/C13H13BrN2O/c14-9-1-3-11(8(5-9)7-15)16-12-6-10-2-4-13(12)17-10/h1,3,5,10,12-13,16H,2,4,6H2/t10-,12-,13-/m1/s1. The molecule has 2 saturated heterocycles. The van der Waals surface area contributed by atoms with Crippen molar-refractivity contribution in [1.29, 1.82) is 5.26 Å². The Balaban J connectivity index is 1.79. The minimum absolute atomic E-state index is 0.329. The van der Waals surface area contributed by atoms with Gasteiger partial charge in [-0.25, -0.2) is 0 Å². The first kappa shape index (κ1) is 11.1. The van der Waals surface area contributed by atoms with Crippen molar-refractivity contribution in [1.82, 2.24) is 0 Å². The Morgan fingerprint density at radius 1 is 1.41 bits per heavy atom. The molecule has 3 rings (SSSR count). The van der Waals surface area contributed by atoms with E-state index in [1.807, 2.05) is 18.2 Å². The number of hydrogen-bond donors (Lipinski definition) is 1. The molecular formula is C13H13BrN2O. The average Bonchev–Trinajstić information content (AvgIpc) is 2.93. The molecule has 0 amide bonds. The van der Waals surface area contributed by atoms with Gasteiger partial charge in [0, 0.05) is 4.47 Å². The molecule has 1 N–H and O–H groups in total. The second kappa shape index (κ2) is 4.32. The Morgan fingerprint density at radius 2 is 2.29 bits per heavy atom. The molecule has 0 aliphatic carbocycles. The van der Waals surface area contributed by atoms with Crippen LogP contribution in [-0.2, 0) is 4.74 Å². The SMILES string of the molecule is N#Cc1cc(Br)ccc1N[C@@H]1C[C@H]2CC[C@H]1O2. The van der Waals surface area contributed by atoms with Crippen molar-refractivity contribution < 1.29 is 4.74 Å². The van der Waals surface area contributed by atoms with E-state index in [1.165, 1.54) is 6.42 Å². The van der Waals surface area contributed by atoms with Crippen LogP contribution in [0.2, 0.25) is 0 Å². The number of nitrogens with zero attached hydrogens (tertiary/aromatic N) is 1. The minimum atomic E-state index is 0.329. The summed E-state index contributed by atoms with van der Waals surface area (Å²) >= 11 is 3.38. The Kier molecular flexibility index (Phi) is 2.81. The van der Waals surface area contributed by atoms with Gasteiger partial charge in [0.2, 0.25) is 0 Å². The maximum Gasteiger partial charge on any atom is 0.101 e. The molecule has 2 bridgehead atoms. The molecule has 2 fully saturated rings. The van der Waals surface area contributed by atoms with Gasteiger partial charge in [-0.3, -0.25) is 0 Å². The summed E-state index contributed by atoms with van der Waals surface area (Å²) in [4.78, 5) is 0. The lowest BCUT2D eigenvalue weighted by molar-refractivity contribution is 0.102. The van der Waals surface area contributed by atoms with Gasteiger partial charge in [-0.15, -0.1) is 0 Å². The number of nitriles is 1. The predicted molar refractivity (Wildman–Crippen MR) is 68.8 cm³/mol. The lowest BCUT2D eigenvalue weighted by Gasteiger charge is -2.21. The largest absolute Gasteiger partial charge is 0.379 e. The Labute approximate surface area is 109 Å². The number of halogens is 1. The van der Waals surface area contributed by atoms with Gasteiger partial charge in [-0.1, -0.05) is 15.9 Å². The minimum Gasteiger partial charge on any atom is -0.379 e. The van der Waals surface area contributed by atoms with E-state index in [9.17, 15) is 0 Å². The summed E-state index contributed by atoms with van der Waals surface area (Å²) in [5.41, 5.74) is 1.60. The molecule has 2 aliphatic heterocycles. The van der Waals surface area contributed by atoms with Crippen molar-refractivity contribution in [2.45, 2.75) is 37.5 Å². The zero-order chi connectivity index (χ0) is 11.8. The molecule has 17 heavy (non-hydrogen) atoms. The van der Waals surface area contributed by atoms with Crippen molar-refractivity contribution in [3.8, 4) is 6.07 Å². The first-order chi connectivity index (χ1) is 8.26. The quantitative estimate of drug-likeness (QED) is 0.911. The number of benzene rings is 1. The van der Waals surface area contributed by atoms with Gasteiger partial charge in [-0.2, -0.15) is 5.26 Å². The number of ether oxygens (including phenoxy) is 1. The summed E-state index contributed by atoms with van der Waals surface area (Å²) in [6.45, 7) is 0. The number of nitrogens with one attached hydrogen (secondary N) is 1. The molecule has 0 radical (unpaired) electrons. The average molecular weight is 293 g/mol. The summed E-state index contributed by atoms with van der Waals surface area (Å²) in [5, 5.41) is 12.6. The molecule has 3 atom stereocenters. The van der Waals surface area contributed by atoms with Crippen LogP contribution in [-0.4, -0.2) is 18.2 Å². The summed E-state index contributed by atoms with van der Waals surface area (Å²) in [7, 11) is 0. The van der Waals surface area contributed by atoms with E-state index in [0.717, 1.165) is 23.0 Å². The molecule has 1 aromatic rings. The fraction of sp³-hybridized carbons (Fsp3) is 0.462. The third kappa shape index (κ3) is 2.05. The van der Waals surface area contributed by atoms with Crippen molar-refractivity contribution >= 4 is 21.6 Å². The molecule has 1 aromatic carbocycles. The normalized spacial score (nSPS) is 30.2. The summed E-state index contributed by atoms with van der Waals surface area (Å²) in [6, 6.07) is 8.34. The second-order valence-electron chi connectivity index (χ2n) is 4.66. The second-order valence-corrected chi connectivity index (χ2v) is 5.58. The van der Waals surface area contributed by atoms with Gasteiger partial charge in [-0.05, 0) is 37.5 Å². The van der Waals surface area contributed by atoms with E-state index >= 15 is 0 Å². The van der Waals surface area contributed by atoms with E-state index < -0.39 is 0 Å². The van der Waals surface area contributed by atoms with Gasteiger partial charge in [0.1, 0.15) is 6.07 Å². The zero-order valence-corrected chi connectivity index (χ0v) is 10.9. The Hall–Kier alpha value is -1.05. The van der Waals surface area contributed by atoms with Crippen LogP contribution in [0, 0.1) is 11.3 Å². The fourth-order valence-electron chi connectivity index (χ4n) is 2.72. The molecule has 88 valence electrons. The third-order valence-corrected chi connectivity index (χ3v) is 4.04. The Morgan fingerprint density at radius 3 is 2.94 bits per heavy atom. The van der Waals surface area contributed by atoms with E-state index in [2.05, 4.69) is 27.3 Å². The van der Waals surface area contributed by atoms with Gasteiger partial charge < -0.3 is 10.1 Å². The zero-order valence-electron chi connectivity index (χ0n) is 9.32. The van der Waals surface area contributed by atoms with Crippen LogP contribution in [0.5, 0.6) is 0 Å². The lowest BCUT2D eigenvalue weighted by atomic mass is 9.95. The topological polar surface area (TPSA) is 45.0 Å². The highest BCUT2D eigenvalue weighted by Crippen LogP contribution is 2.36. The van der Waals surface area contributed by atoms with Crippen LogP contribution in [0.3, 0.4) is 0 Å². The molecule has 2 heterocycles. The monoisotopic (exact) mass is 292 g/mol. The van der Waals surface area contributed by atoms with Crippen LogP contribution < -0.4 is 5.32 Å². The number of hydrogen-bond acceptors (Lipinski definition) is 3. The summed E-state index contributed by atoms with van der Waals surface area (Å²) in [6.07, 6.45) is 4.15. The first-order valence-electron chi connectivity index (χ1n) is 5.88. The highest BCUT2D eigenvalue weighted by atomic mass is 79.9.